The first-order valence-corrected chi connectivity index (χ1v) is 5.75. The minimum atomic E-state index is -0.0797. The summed E-state index contributed by atoms with van der Waals surface area (Å²) in [5.41, 5.74) is 0. The van der Waals surface area contributed by atoms with E-state index in [4.69, 9.17) is 14.7 Å². The summed E-state index contributed by atoms with van der Waals surface area (Å²) in [6.07, 6.45) is 3.94. The normalized spacial score (nSPS) is 31.9. The van der Waals surface area contributed by atoms with E-state index in [0.717, 1.165) is 13.0 Å². The third kappa shape index (κ3) is 3.16. The van der Waals surface area contributed by atoms with Gasteiger partial charge >= 0.3 is 0 Å². The monoisotopic (exact) mass is 210 g/mol. The molecule has 15 heavy (non-hydrogen) atoms. The zero-order chi connectivity index (χ0) is 10.5. The van der Waals surface area contributed by atoms with Crippen molar-refractivity contribution in [2.75, 3.05) is 26.2 Å². The molecule has 0 spiro atoms. The molecule has 2 heterocycles. The molecule has 0 N–H and O–H groups in total. The fourth-order valence-corrected chi connectivity index (χ4v) is 2.16. The molecule has 0 amide bonds. The van der Waals surface area contributed by atoms with E-state index in [1.54, 1.807) is 0 Å². The van der Waals surface area contributed by atoms with E-state index in [2.05, 4.69) is 11.0 Å². The highest BCUT2D eigenvalue weighted by Gasteiger charge is 2.26. The van der Waals surface area contributed by atoms with Gasteiger partial charge in [0.1, 0.15) is 0 Å². The number of nitriles is 1. The molecule has 2 aliphatic heterocycles. The lowest BCUT2D eigenvalue weighted by Crippen LogP contribution is -2.25. The first kappa shape index (κ1) is 10.9. The summed E-state index contributed by atoms with van der Waals surface area (Å²) in [7, 11) is 0. The average Bonchev–Trinajstić information content (AvgIpc) is 2.85. The van der Waals surface area contributed by atoms with Crippen LogP contribution < -0.4 is 0 Å². The second-order valence-corrected chi connectivity index (χ2v) is 4.22. The summed E-state index contributed by atoms with van der Waals surface area (Å²) in [6, 6.07) is 2.11. The van der Waals surface area contributed by atoms with E-state index in [-0.39, 0.29) is 12.4 Å². The van der Waals surface area contributed by atoms with Crippen LogP contribution in [0.15, 0.2) is 0 Å². The van der Waals surface area contributed by atoms with Crippen LogP contribution in [0.3, 0.4) is 0 Å². The van der Waals surface area contributed by atoms with E-state index < -0.39 is 0 Å². The molecule has 0 aromatic rings. The molecule has 2 rings (SSSR count). The quantitative estimate of drug-likeness (QED) is 0.697. The molecule has 4 heteroatoms. The summed E-state index contributed by atoms with van der Waals surface area (Å²) in [5, 5.41) is 8.52. The van der Waals surface area contributed by atoms with Crippen molar-refractivity contribution >= 4 is 0 Å². The minimum absolute atomic E-state index is 0.00132. The van der Waals surface area contributed by atoms with Gasteiger partial charge in [-0.3, -0.25) is 0 Å². The Kier molecular flexibility index (Phi) is 3.95. The molecular formula is C11H18N2O2. The van der Waals surface area contributed by atoms with Gasteiger partial charge < -0.3 is 14.4 Å². The van der Waals surface area contributed by atoms with Crippen LogP contribution in [0.2, 0.25) is 0 Å². The third-order valence-electron chi connectivity index (χ3n) is 3.01. The van der Waals surface area contributed by atoms with Gasteiger partial charge in [0.2, 0.25) is 0 Å². The Bertz CT molecular complexity index is 233. The average molecular weight is 210 g/mol. The molecule has 2 aliphatic rings. The van der Waals surface area contributed by atoms with E-state index in [0.29, 0.717) is 13.0 Å². The van der Waals surface area contributed by atoms with Gasteiger partial charge in [-0.1, -0.05) is 0 Å². The number of likely N-dealkylation sites (tertiary alicyclic amines) is 1. The van der Waals surface area contributed by atoms with Crippen molar-refractivity contribution in [1.29, 1.82) is 5.26 Å². The maximum atomic E-state index is 8.52. The SMILES string of the molecule is N#CCC1COC(CCN2CCCC2)O1. The van der Waals surface area contributed by atoms with Crippen LogP contribution >= 0.6 is 0 Å². The summed E-state index contributed by atoms with van der Waals surface area (Å²) in [6.45, 7) is 4.07. The second kappa shape index (κ2) is 5.45. The second-order valence-electron chi connectivity index (χ2n) is 4.22. The van der Waals surface area contributed by atoms with Crippen LogP contribution in [0.4, 0.5) is 0 Å². The first-order valence-electron chi connectivity index (χ1n) is 5.75. The van der Waals surface area contributed by atoms with E-state index in [9.17, 15) is 0 Å². The summed E-state index contributed by atoms with van der Waals surface area (Å²) in [5.74, 6) is 0. The van der Waals surface area contributed by atoms with Crippen molar-refractivity contribution in [3.63, 3.8) is 0 Å². The largest absolute Gasteiger partial charge is 0.350 e. The van der Waals surface area contributed by atoms with Gasteiger partial charge in [-0.05, 0) is 25.9 Å². The zero-order valence-corrected chi connectivity index (χ0v) is 9.02. The summed E-state index contributed by atoms with van der Waals surface area (Å²) < 4.78 is 11.1. The van der Waals surface area contributed by atoms with Crippen LogP contribution in [-0.4, -0.2) is 43.5 Å². The van der Waals surface area contributed by atoms with Crippen molar-refractivity contribution in [3.05, 3.63) is 0 Å². The third-order valence-corrected chi connectivity index (χ3v) is 3.01. The highest BCUT2D eigenvalue weighted by atomic mass is 16.7. The van der Waals surface area contributed by atoms with Gasteiger partial charge in [0.15, 0.2) is 6.29 Å². The molecule has 0 aromatic carbocycles. The molecule has 0 aromatic heterocycles. The van der Waals surface area contributed by atoms with Crippen LogP contribution in [0.1, 0.15) is 25.7 Å². The Morgan fingerprint density at radius 1 is 1.33 bits per heavy atom. The molecule has 84 valence electrons. The molecule has 0 aliphatic carbocycles. The Balaban J connectivity index is 1.62. The minimum Gasteiger partial charge on any atom is -0.350 e. The number of rotatable bonds is 4. The standard InChI is InChI=1S/C11H18N2O2/c12-5-3-10-9-14-11(15-10)4-8-13-6-1-2-7-13/h10-11H,1-4,6-9H2. The van der Waals surface area contributed by atoms with Gasteiger partial charge in [-0.2, -0.15) is 5.26 Å². The van der Waals surface area contributed by atoms with E-state index in [1.165, 1.54) is 25.9 Å². The predicted molar refractivity (Wildman–Crippen MR) is 55.1 cm³/mol. The van der Waals surface area contributed by atoms with Crippen LogP contribution in [0, 0.1) is 11.3 Å². The van der Waals surface area contributed by atoms with E-state index in [1.807, 2.05) is 0 Å². The highest BCUT2D eigenvalue weighted by Crippen LogP contribution is 2.18. The number of hydrogen-bond acceptors (Lipinski definition) is 4. The number of ether oxygens (including phenoxy) is 2. The molecule has 0 bridgehead atoms. The van der Waals surface area contributed by atoms with Gasteiger partial charge in [-0.15, -0.1) is 0 Å². The lowest BCUT2D eigenvalue weighted by Gasteiger charge is -2.17. The van der Waals surface area contributed by atoms with E-state index >= 15 is 0 Å². The topological polar surface area (TPSA) is 45.5 Å². The van der Waals surface area contributed by atoms with Crippen LogP contribution in [0.5, 0.6) is 0 Å². The summed E-state index contributed by atoms with van der Waals surface area (Å²) >= 11 is 0. The maximum Gasteiger partial charge on any atom is 0.159 e. The smallest absolute Gasteiger partial charge is 0.159 e. The van der Waals surface area contributed by atoms with Crippen LogP contribution in [0.25, 0.3) is 0 Å². The van der Waals surface area contributed by atoms with Crippen molar-refractivity contribution in [3.8, 4) is 6.07 Å². The Labute approximate surface area is 90.8 Å². The van der Waals surface area contributed by atoms with Gasteiger partial charge in [0.25, 0.3) is 0 Å². The molecule has 0 saturated carbocycles. The lowest BCUT2D eigenvalue weighted by molar-refractivity contribution is -0.0645. The van der Waals surface area contributed by atoms with Crippen molar-refractivity contribution in [1.82, 2.24) is 4.90 Å². The molecule has 2 unspecified atom stereocenters. The Hall–Kier alpha value is -0.630. The van der Waals surface area contributed by atoms with Crippen molar-refractivity contribution < 1.29 is 9.47 Å². The number of hydrogen-bond donors (Lipinski definition) is 0. The molecule has 2 atom stereocenters. The highest BCUT2D eigenvalue weighted by molar-refractivity contribution is 4.79. The zero-order valence-electron chi connectivity index (χ0n) is 9.02. The maximum absolute atomic E-state index is 8.52. The lowest BCUT2D eigenvalue weighted by atomic mass is 10.3. The Morgan fingerprint density at radius 3 is 2.87 bits per heavy atom. The molecular weight excluding hydrogens is 192 g/mol. The van der Waals surface area contributed by atoms with Crippen molar-refractivity contribution in [2.24, 2.45) is 0 Å². The fourth-order valence-electron chi connectivity index (χ4n) is 2.16. The first-order chi connectivity index (χ1) is 7.38. The molecule has 2 fully saturated rings. The predicted octanol–water partition coefficient (Wildman–Crippen LogP) is 1.13. The summed E-state index contributed by atoms with van der Waals surface area (Å²) in [4.78, 5) is 2.45. The fraction of sp³-hybridized carbons (Fsp3) is 0.909. The molecule has 0 radical (unpaired) electrons. The van der Waals surface area contributed by atoms with Crippen molar-refractivity contribution in [2.45, 2.75) is 38.1 Å². The Morgan fingerprint density at radius 2 is 2.13 bits per heavy atom. The van der Waals surface area contributed by atoms with Gasteiger partial charge in [0, 0.05) is 13.0 Å². The van der Waals surface area contributed by atoms with Crippen LogP contribution in [-0.2, 0) is 9.47 Å². The van der Waals surface area contributed by atoms with Gasteiger partial charge in [0.05, 0.1) is 25.2 Å². The molecule has 2 saturated heterocycles. The molecule has 4 nitrogen and oxygen atoms in total. The van der Waals surface area contributed by atoms with Gasteiger partial charge in [-0.25, -0.2) is 0 Å². The number of nitrogens with zero attached hydrogens (tertiary/aromatic N) is 2.